The van der Waals surface area contributed by atoms with Gasteiger partial charge in [-0.1, -0.05) is 24.3 Å². The van der Waals surface area contributed by atoms with Crippen LogP contribution in [0.2, 0.25) is 0 Å². The molecule has 3 N–H and O–H groups in total. The normalized spacial score (nSPS) is 15.8. The van der Waals surface area contributed by atoms with E-state index in [0.717, 1.165) is 35.7 Å². The molecule has 0 saturated carbocycles. The van der Waals surface area contributed by atoms with Gasteiger partial charge in [-0.25, -0.2) is 13.2 Å². The fourth-order valence-electron chi connectivity index (χ4n) is 4.82. The summed E-state index contributed by atoms with van der Waals surface area (Å²) in [6, 6.07) is 10.4. The van der Waals surface area contributed by atoms with Crippen molar-refractivity contribution < 1.29 is 36.6 Å². The number of benzene rings is 2. The van der Waals surface area contributed by atoms with Gasteiger partial charge in [0.2, 0.25) is 10.0 Å². The summed E-state index contributed by atoms with van der Waals surface area (Å²) in [6.07, 6.45) is -1.65. The number of hydrogen-bond acceptors (Lipinski definition) is 5. The van der Waals surface area contributed by atoms with Gasteiger partial charge < -0.3 is 15.5 Å². The molecule has 0 fully saturated rings. The van der Waals surface area contributed by atoms with E-state index < -0.39 is 38.7 Å². The summed E-state index contributed by atoms with van der Waals surface area (Å²) in [5, 5.41) is 22.6. The summed E-state index contributed by atoms with van der Waals surface area (Å²) in [5.74, 6) is -0.944. The van der Waals surface area contributed by atoms with Crippen LogP contribution in [0, 0.1) is 5.92 Å². The van der Waals surface area contributed by atoms with E-state index >= 15 is 0 Å². The Kier molecular flexibility index (Phi) is 9.08. The predicted octanol–water partition coefficient (Wildman–Crippen LogP) is 3.96. The Labute approximate surface area is 221 Å². The zero-order chi connectivity index (χ0) is 28.3. The Hall–Kier alpha value is -2.73. The summed E-state index contributed by atoms with van der Waals surface area (Å²) < 4.78 is 67.1. The smallest absolute Gasteiger partial charge is 0.416 e. The number of nitrogens with zero attached hydrogens (tertiary/aromatic N) is 1. The molecular formula is C27H33F3N2O5S. The summed E-state index contributed by atoms with van der Waals surface area (Å²) in [6.45, 7) is 3.76. The van der Waals surface area contributed by atoms with Crippen molar-refractivity contribution in [3.05, 3.63) is 70.8 Å². The highest BCUT2D eigenvalue weighted by Gasteiger charge is 2.34. The zero-order valence-corrected chi connectivity index (χ0v) is 22.3. The molecule has 0 radical (unpaired) electrons. The van der Waals surface area contributed by atoms with Gasteiger partial charge in [-0.15, -0.1) is 0 Å². The van der Waals surface area contributed by atoms with Gasteiger partial charge in [0.25, 0.3) is 0 Å². The SMILES string of the molecule is CN(C[C@H](O)CNC(C)(C)CC1Cc2ccccc2C1)S(=O)(=O)c1cc(C=CC(=O)O)cc(C(F)(F)F)c1. The average molecular weight is 555 g/mol. The van der Waals surface area contributed by atoms with Crippen molar-refractivity contribution in [1.82, 2.24) is 9.62 Å². The number of likely N-dealkylation sites (N-methyl/N-ethyl adjacent to an activating group) is 1. The third kappa shape index (κ3) is 7.89. The van der Waals surface area contributed by atoms with Crippen LogP contribution < -0.4 is 5.32 Å². The van der Waals surface area contributed by atoms with E-state index in [2.05, 4.69) is 17.4 Å². The highest BCUT2D eigenvalue weighted by molar-refractivity contribution is 7.89. The van der Waals surface area contributed by atoms with Gasteiger partial charge in [-0.2, -0.15) is 17.5 Å². The Balaban J connectivity index is 1.64. The van der Waals surface area contributed by atoms with Crippen molar-refractivity contribution in [3.63, 3.8) is 0 Å². The summed E-state index contributed by atoms with van der Waals surface area (Å²) in [5.41, 5.74) is 0.896. The first-order valence-electron chi connectivity index (χ1n) is 12.2. The van der Waals surface area contributed by atoms with E-state index in [1.165, 1.54) is 18.2 Å². The van der Waals surface area contributed by atoms with Crippen LogP contribution in [0.4, 0.5) is 13.2 Å². The fourth-order valence-corrected chi connectivity index (χ4v) is 6.11. The molecule has 0 aliphatic heterocycles. The number of rotatable bonds is 11. The third-order valence-electron chi connectivity index (χ3n) is 6.60. The molecule has 0 aromatic heterocycles. The molecular weight excluding hydrogens is 521 g/mol. The lowest BCUT2D eigenvalue weighted by Crippen LogP contribution is -2.47. The number of aliphatic hydroxyl groups is 1. The number of nitrogens with one attached hydrogen (secondary N) is 1. The molecule has 2 aromatic rings. The largest absolute Gasteiger partial charge is 0.478 e. The lowest BCUT2D eigenvalue weighted by atomic mass is 9.88. The Bertz CT molecular complexity index is 1270. The van der Waals surface area contributed by atoms with Gasteiger partial charge in [0.05, 0.1) is 16.6 Å². The fraction of sp³-hybridized carbons (Fsp3) is 0.444. The van der Waals surface area contributed by atoms with Crippen molar-refractivity contribution >= 4 is 22.1 Å². The number of aliphatic hydroxyl groups excluding tert-OH is 1. The number of carboxylic acid groups (broad SMARTS) is 1. The molecule has 0 heterocycles. The standard InChI is InChI=1S/C27H33F3N2O5S/c1-26(2,15-19-10-20-6-4-5-7-21(20)11-19)31-16-23(33)17-32(3)38(36,37)24-13-18(8-9-25(34)35)12-22(14-24)27(28,29)30/h4-9,12-14,19,23,31,33H,10-11,15-17H2,1-3H3,(H,34,35)/t23-/m1/s1. The maximum absolute atomic E-state index is 13.4. The van der Waals surface area contributed by atoms with Gasteiger partial charge in [0.15, 0.2) is 0 Å². The first-order chi connectivity index (χ1) is 17.6. The van der Waals surface area contributed by atoms with Gasteiger partial charge >= 0.3 is 12.1 Å². The number of β-amino-alcohol motifs (C(OH)–C–C–N with tert-alkyl or cyclic N) is 1. The summed E-state index contributed by atoms with van der Waals surface area (Å²) in [4.78, 5) is 10.1. The molecule has 38 heavy (non-hydrogen) atoms. The van der Waals surface area contributed by atoms with E-state index in [9.17, 15) is 31.5 Å². The second kappa shape index (κ2) is 11.6. The van der Waals surface area contributed by atoms with Crippen LogP contribution >= 0.6 is 0 Å². The lowest BCUT2D eigenvalue weighted by molar-refractivity contribution is -0.137. The Morgan fingerprint density at radius 1 is 1.16 bits per heavy atom. The summed E-state index contributed by atoms with van der Waals surface area (Å²) >= 11 is 0. The molecule has 11 heteroatoms. The van der Waals surface area contributed by atoms with Crippen LogP contribution in [-0.2, 0) is 33.8 Å². The minimum atomic E-state index is -4.84. The number of alkyl halides is 3. The molecule has 0 unspecified atom stereocenters. The second-order valence-corrected chi connectivity index (χ2v) is 12.5. The molecule has 7 nitrogen and oxygen atoms in total. The number of halogens is 3. The molecule has 2 aromatic carbocycles. The first kappa shape index (κ1) is 29.8. The molecule has 0 spiro atoms. The van der Waals surface area contributed by atoms with Gasteiger partial charge in [0, 0.05) is 31.8 Å². The minimum Gasteiger partial charge on any atom is -0.478 e. The van der Waals surface area contributed by atoms with E-state index in [1.807, 2.05) is 26.0 Å². The van der Waals surface area contributed by atoms with Crippen LogP contribution in [0.5, 0.6) is 0 Å². The quantitative estimate of drug-likeness (QED) is 0.363. The van der Waals surface area contributed by atoms with Gasteiger partial charge in [-0.3, -0.25) is 0 Å². The molecule has 1 aliphatic rings. The first-order valence-corrected chi connectivity index (χ1v) is 13.6. The third-order valence-corrected chi connectivity index (χ3v) is 8.40. The molecule has 1 atom stereocenters. The van der Waals surface area contributed by atoms with Crippen molar-refractivity contribution in [1.29, 1.82) is 0 Å². The predicted molar refractivity (Wildman–Crippen MR) is 138 cm³/mol. The van der Waals surface area contributed by atoms with Crippen molar-refractivity contribution in [2.45, 2.75) is 55.8 Å². The lowest BCUT2D eigenvalue weighted by Gasteiger charge is -2.31. The van der Waals surface area contributed by atoms with Crippen molar-refractivity contribution in [3.8, 4) is 0 Å². The number of aliphatic carboxylic acids is 1. The van der Waals surface area contributed by atoms with Crippen LogP contribution in [0.1, 0.15) is 42.5 Å². The van der Waals surface area contributed by atoms with E-state index in [4.69, 9.17) is 5.11 Å². The number of fused-ring (bicyclic) bond motifs is 1. The molecule has 1 aliphatic carbocycles. The van der Waals surface area contributed by atoms with Crippen LogP contribution in [0.3, 0.4) is 0 Å². The van der Waals surface area contributed by atoms with Crippen LogP contribution in [-0.4, -0.2) is 60.7 Å². The second-order valence-electron chi connectivity index (χ2n) is 10.4. The monoisotopic (exact) mass is 554 g/mol. The van der Waals surface area contributed by atoms with Gasteiger partial charge in [-0.05, 0) is 80.0 Å². The number of carboxylic acids is 1. The highest BCUT2D eigenvalue weighted by atomic mass is 32.2. The maximum atomic E-state index is 13.4. The van der Waals surface area contributed by atoms with E-state index in [-0.39, 0.29) is 24.2 Å². The highest BCUT2D eigenvalue weighted by Crippen LogP contribution is 2.33. The molecule has 0 saturated heterocycles. The Morgan fingerprint density at radius 2 is 1.76 bits per heavy atom. The molecule has 3 rings (SSSR count). The van der Waals surface area contributed by atoms with E-state index in [1.54, 1.807) is 0 Å². The topological polar surface area (TPSA) is 107 Å². The van der Waals surface area contributed by atoms with Gasteiger partial charge in [0.1, 0.15) is 0 Å². The number of hydrogen-bond donors (Lipinski definition) is 3. The van der Waals surface area contributed by atoms with Crippen molar-refractivity contribution in [2.24, 2.45) is 5.92 Å². The molecule has 0 amide bonds. The summed E-state index contributed by atoms with van der Waals surface area (Å²) in [7, 11) is -3.24. The number of sulfonamides is 1. The molecule has 208 valence electrons. The Morgan fingerprint density at radius 3 is 2.32 bits per heavy atom. The van der Waals surface area contributed by atoms with Crippen LogP contribution in [0.25, 0.3) is 6.08 Å². The zero-order valence-electron chi connectivity index (χ0n) is 21.5. The van der Waals surface area contributed by atoms with Crippen molar-refractivity contribution in [2.75, 3.05) is 20.1 Å². The maximum Gasteiger partial charge on any atom is 0.416 e. The number of carbonyl (C=O) groups is 1. The van der Waals surface area contributed by atoms with Crippen LogP contribution in [0.15, 0.2) is 53.4 Å². The van der Waals surface area contributed by atoms with E-state index in [0.29, 0.717) is 24.1 Å². The average Bonchev–Trinajstić information content (AvgIpc) is 3.22. The minimum absolute atomic E-state index is 0.0850. The molecule has 0 bridgehead atoms.